The molecule has 3 rings (SSSR count). The minimum Gasteiger partial charge on any atom is -0.309 e. The first kappa shape index (κ1) is 13.5. The standard InChI is InChI=1S/C15H21N3O2/c1-11-2-3-12(8-15(11)18(19)20)9-16-13-6-7-17(10-13)14-4-5-14/h2-3,8,13-14,16H,4-7,9-10H2,1H3. The Bertz CT molecular complexity index is 514. The van der Waals surface area contributed by atoms with Gasteiger partial charge in [0.25, 0.3) is 5.69 Å². The minimum atomic E-state index is -0.302. The first-order valence-electron chi connectivity index (χ1n) is 7.35. The van der Waals surface area contributed by atoms with E-state index in [1.54, 1.807) is 13.0 Å². The van der Waals surface area contributed by atoms with Crippen molar-refractivity contribution in [2.24, 2.45) is 0 Å². The Kier molecular flexibility index (Phi) is 3.72. The number of rotatable bonds is 5. The van der Waals surface area contributed by atoms with Gasteiger partial charge >= 0.3 is 0 Å². The Hall–Kier alpha value is -1.46. The lowest BCUT2D eigenvalue weighted by atomic mass is 10.1. The van der Waals surface area contributed by atoms with Crippen LogP contribution in [-0.2, 0) is 6.54 Å². The molecule has 5 heteroatoms. The second kappa shape index (κ2) is 5.50. The summed E-state index contributed by atoms with van der Waals surface area (Å²) in [4.78, 5) is 13.2. The predicted octanol–water partition coefficient (Wildman–Crippen LogP) is 2.23. The van der Waals surface area contributed by atoms with Gasteiger partial charge in [-0.25, -0.2) is 0 Å². The third-order valence-corrected chi connectivity index (χ3v) is 4.35. The summed E-state index contributed by atoms with van der Waals surface area (Å²) in [5, 5.41) is 14.5. The topological polar surface area (TPSA) is 58.4 Å². The smallest absolute Gasteiger partial charge is 0.272 e. The number of benzene rings is 1. The molecular weight excluding hydrogens is 254 g/mol. The highest BCUT2D eigenvalue weighted by molar-refractivity contribution is 5.42. The van der Waals surface area contributed by atoms with Crippen molar-refractivity contribution in [2.45, 2.75) is 44.8 Å². The molecule has 0 amide bonds. The molecule has 1 heterocycles. The summed E-state index contributed by atoms with van der Waals surface area (Å²) in [6.45, 7) is 4.80. The van der Waals surface area contributed by atoms with Crippen LogP contribution in [0.15, 0.2) is 18.2 Å². The monoisotopic (exact) mass is 275 g/mol. The molecule has 1 saturated heterocycles. The molecule has 1 aliphatic heterocycles. The molecule has 20 heavy (non-hydrogen) atoms. The largest absolute Gasteiger partial charge is 0.309 e. The molecule has 0 bridgehead atoms. The van der Waals surface area contributed by atoms with E-state index in [-0.39, 0.29) is 10.6 Å². The Morgan fingerprint density at radius 1 is 1.40 bits per heavy atom. The Morgan fingerprint density at radius 3 is 2.90 bits per heavy atom. The van der Waals surface area contributed by atoms with Crippen LogP contribution in [0.3, 0.4) is 0 Å². The third kappa shape index (κ3) is 2.99. The molecule has 1 unspecified atom stereocenters. The summed E-state index contributed by atoms with van der Waals surface area (Å²) in [6, 6.07) is 6.86. The molecule has 0 radical (unpaired) electrons. The van der Waals surface area contributed by atoms with Gasteiger partial charge in [0.05, 0.1) is 4.92 Å². The number of nitro groups is 1. The van der Waals surface area contributed by atoms with Crippen molar-refractivity contribution in [3.05, 3.63) is 39.4 Å². The fourth-order valence-electron chi connectivity index (χ4n) is 2.95. The number of hydrogen-bond acceptors (Lipinski definition) is 4. The predicted molar refractivity (Wildman–Crippen MR) is 77.7 cm³/mol. The van der Waals surface area contributed by atoms with Crippen molar-refractivity contribution in [3.63, 3.8) is 0 Å². The second-order valence-electron chi connectivity index (χ2n) is 5.97. The molecule has 2 fully saturated rings. The van der Waals surface area contributed by atoms with Crippen LogP contribution in [0.1, 0.15) is 30.4 Å². The fraction of sp³-hybridized carbons (Fsp3) is 0.600. The maximum Gasteiger partial charge on any atom is 0.272 e. The maximum atomic E-state index is 10.9. The molecule has 0 spiro atoms. The van der Waals surface area contributed by atoms with E-state index in [1.165, 1.54) is 25.8 Å². The summed E-state index contributed by atoms with van der Waals surface area (Å²) in [5.74, 6) is 0. The number of hydrogen-bond donors (Lipinski definition) is 1. The molecule has 1 N–H and O–H groups in total. The van der Waals surface area contributed by atoms with Gasteiger partial charge in [-0.3, -0.25) is 15.0 Å². The lowest BCUT2D eigenvalue weighted by Crippen LogP contribution is -2.32. The van der Waals surface area contributed by atoms with Crippen LogP contribution in [0, 0.1) is 17.0 Å². The van der Waals surface area contributed by atoms with E-state index in [2.05, 4.69) is 10.2 Å². The average Bonchev–Trinajstić information content (AvgIpc) is 3.17. The summed E-state index contributed by atoms with van der Waals surface area (Å²) in [5.41, 5.74) is 1.93. The van der Waals surface area contributed by atoms with Gasteiger partial charge in [-0.05, 0) is 31.7 Å². The molecule has 5 nitrogen and oxygen atoms in total. The maximum absolute atomic E-state index is 10.9. The van der Waals surface area contributed by atoms with Gasteiger partial charge in [0, 0.05) is 43.3 Å². The van der Waals surface area contributed by atoms with E-state index in [1.807, 2.05) is 12.1 Å². The molecule has 108 valence electrons. The highest BCUT2D eigenvalue weighted by Gasteiger charge is 2.34. The van der Waals surface area contributed by atoms with E-state index in [0.717, 1.165) is 23.7 Å². The van der Waals surface area contributed by atoms with Gasteiger partial charge in [-0.2, -0.15) is 0 Å². The zero-order chi connectivity index (χ0) is 14.1. The molecule has 1 aliphatic carbocycles. The van der Waals surface area contributed by atoms with E-state index in [0.29, 0.717) is 12.6 Å². The fourth-order valence-corrected chi connectivity index (χ4v) is 2.95. The molecule has 1 aromatic carbocycles. The lowest BCUT2D eigenvalue weighted by Gasteiger charge is -2.15. The van der Waals surface area contributed by atoms with Crippen molar-refractivity contribution in [1.82, 2.24) is 10.2 Å². The van der Waals surface area contributed by atoms with Crippen molar-refractivity contribution >= 4 is 5.69 Å². The highest BCUT2D eigenvalue weighted by atomic mass is 16.6. The van der Waals surface area contributed by atoms with Crippen LogP contribution in [0.2, 0.25) is 0 Å². The Labute approximate surface area is 119 Å². The summed E-state index contributed by atoms with van der Waals surface area (Å²) in [7, 11) is 0. The van der Waals surface area contributed by atoms with Crippen LogP contribution in [0.5, 0.6) is 0 Å². The minimum absolute atomic E-state index is 0.218. The van der Waals surface area contributed by atoms with Crippen LogP contribution in [0.4, 0.5) is 5.69 Å². The lowest BCUT2D eigenvalue weighted by molar-refractivity contribution is -0.385. The number of nitro benzene ring substituents is 1. The van der Waals surface area contributed by atoms with Gasteiger partial charge in [-0.15, -0.1) is 0 Å². The number of aryl methyl sites for hydroxylation is 1. The van der Waals surface area contributed by atoms with Gasteiger partial charge in [0.15, 0.2) is 0 Å². The Morgan fingerprint density at radius 2 is 2.20 bits per heavy atom. The number of likely N-dealkylation sites (tertiary alicyclic amines) is 1. The molecule has 1 saturated carbocycles. The second-order valence-corrected chi connectivity index (χ2v) is 5.97. The SMILES string of the molecule is Cc1ccc(CNC2CCN(C3CC3)C2)cc1[N+](=O)[O-]. The molecular formula is C15H21N3O2. The summed E-state index contributed by atoms with van der Waals surface area (Å²) in [6.07, 6.45) is 3.90. The van der Waals surface area contributed by atoms with Gasteiger partial charge in [-0.1, -0.05) is 12.1 Å². The van der Waals surface area contributed by atoms with Gasteiger partial charge < -0.3 is 5.32 Å². The highest BCUT2D eigenvalue weighted by Crippen LogP contribution is 2.29. The van der Waals surface area contributed by atoms with E-state index in [4.69, 9.17) is 0 Å². The van der Waals surface area contributed by atoms with Crippen molar-refractivity contribution in [1.29, 1.82) is 0 Å². The van der Waals surface area contributed by atoms with Crippen LogP contribution in [-0.4, -0.2) is 35.0 Å². The normalized spacial score (nSPS) is 23.1. The van der Waals surface area contributed by atoms with Gasteiger partial charge in [0.1, 0.15) is 0 Å². The van der Waals surface area contributed by atoms with Crippen molar-refractivity contribution in [2.75, 3.05) is 13.1 Å². The van der Waals surface area contributed by atoms with Crippen molar-refractivity contribution in [3.8, 4) is 0 Å². The van der Waals surface area contributed by atoms with Crippen LogP contribution >= 0.6 is 0 Å². The number of nitrogens with zero attached hydrogens (tertiary/aromatic N) is 2. The van der Waals surface area contributed by atoms with Gasteiger partial charge in [0.2, 0.25) is 0 Å². The van der Waals surface area contributed by atoms with Crippen LogP contribution < -0.4 is 5.32 Å². The average molecular weight is 275 g/mol. The quantitative estimate of drug-likeness (QED) is 0.661. The van der Waals surface area contributed by atoms with Crippen LogP contribution in [0.25, 0.3) is 0 Å². The van der Waals surface area contributed by atoms with Crippen molar-refractivity contribution < 1.29 is 4.92 Å². The van der Waals surface area contributed by atoms with E-state index >= 15 is 0 Å². The Balaban J connectivity index is 1.55. The first-order chi connectivity index (χ1) is 9.63. The molecule has 1 aromatic rings. The summed E-state index contributed by atoms with van der Waals surface area (Å²) >= 11 is 0. The van der Waals surface area contributed by atoms with E-state index in [9.17, 15) is 10.1 Å². The zero-order valence-electron chi connectivity index (χ0n) is 11.8. The summed E-state index contributed by atoms with van der Waals surface area (Å²) < 4.78 is 0. The molecule has 1 atom stereocenters. The third-order valence-electron chi connectivity index (χ3n) is 4.35. The van der Waals surface area contributed by atoms with E-state index < -0.39 is 0 Å². The molecule has 0 aromatic heterocycles. The first-order valence-corrected chi connectivity index (χ1v) is 7.35. The number of nitrogens with one attached hydrogen (secondary N) is 1. The molecule has 2 aliphatic rings. The zero-order valence-corrected chi connectivity index (χ0v) is 11.8.